The lowest BCUT2D eigenvalue weighted by molar-refractivity contribution is 0.115. The second kappa shape index (κ2) is 5.18. The van der Waals surface area contributed by atoms with E-state index in [1.54, 1.807) is 12.3 Å². The molecule has 2 aliphatic rings. The predicted octanol–water partition coefficient (Wildman–Crippen LogP) is 2.02. The van der Waals surface area contributed by atoms with Gasteiger partial charge >= 0.3 is 0 Å². The minimum Gasteiger partial charge on any atom is -0.351 e. The van der Waals surface area contributed by atoms with Crippen LogP contribution < -0.4 is 4.90 Å². The molecule has 4 heteroatoms. The van der Waals surface area contributed by atoms with Gasteiger partial charge in [0.05, 0.1) is 11.6 Å². The molecular formula is C15H20N4. The molecule has 2 atom stereocenters. The van der Waals surface area contributed by atoms with E-state index in [4.69, 9.17) is 5.26 Å². The lowest BCUT2D eigenvalue weighted by atomic mass is 9.97. The molecule has 3 heterocycles. The minimum atomic E-state index is 0.468. The Bertz CT molecular complexity index is 493. The van der Waals surface area contributed by atoms with Gasteiger partial charge in [0.25, 0.3) is 0 Å². The molecule has 2 fully saturated rings. The molecule has 2 unspecified atom stereocenters. The Morgan fingerprint density at radius 3 is 3.11 bits per heavy atom. The zero-order valence-corrected chi connectivity index (χ0v) is 11.4. The third kappa shape index (κ3) is 2.43. The summed E-state index contributed by atoms with van der Waals surface area (Å²) < 4.78 is 0. The normalized spacial score (nSPS) is 27.7. The molecule has 0 aliphatic carbocycles. The van der Waals surface area contributed by atoms with Crippen molar-refractivity contribution in [2.24, 2.45) is 0 Å². The molecule has 1 aromatic heterocycles. The van der Waals surface area contributed by atoms with Gasteiger partial charge in [0, 0.05) is 31.4 Å². The first kappa shape index (κ1) is 12.4. The van der Waals surface area contributed by atoms with Crippen molar-refractivity contribution in [2.45, 2.75) is 38.3 Å². The molecule has 0 N–H and O–H groups in total. The molecule has 0 saturated carbocycles. The number of hydrogen-bond acceptors (Lipinski definition) is 4. The SMILES string of the molecule is CC1CN2CCCCC2CN1c1cc(C#N)ccn1. The number of pyridine rings is 1. The highest BCUT2D eigenvalue weighted by molar-refractivity contribution is 5.46. The summed E-state index contributed by atoms with van der Waals surface area (Å²) in [6.45, 7) is 5.66. The molecule has 2 saturated heterocycles. The van der Waals surface area contributed by atoms with Crippen molar-refractivity contribution in [3.8, 4) is 6.07 Å². The molecule has 0 aromatic carbocycles. The van der Waals surface area contributed by atoms with Crippen LogP contribution in [0, 0.1) is 11.3 Å². The average molecular weight is 256 g/mol. The number of piperazine rings is 1. The third-order valence-corrected chi connectivity index (χ3v) is 4.36. The van der Waals surface area contributed by atoms with Gasteiger partial charge in [-0.15, -0.1) is 0 Å². The van der Waals surface area contributed by atoms with Crippen LogP contribution in [-0.4, -0.2) is 41.6 Å². The number of hydrogen-bond donors (Lipinski definition) is 0. The first-order chi connectivity index (χ1) is 9.28. The van der Waals surface area contributed by atoms with Gasteiger partial charge in [-0.25, -0.2) is 4.98 Å². The summed E-state index contributed by atoms with van der Waals surface area (Å²) in [5, 5.41) is 9.01. The van der Waals surface area contributed by atoms with Crippen molar-refractivity contribution in [3.05, 3.63) is 23.9 Å². The third-order valence-electron chi connectivity index (χ3n) is 4.36. The zero-order chi connectivity index (χ0) is 13.2. The summed E-state index contributed by atoms with van der Waals surface area (Å²) in [5.74, 6) is 0.955. The van der Waals surface area contributed by atoms with E-state index in [1.165, 1.54) is 25.8 Å². The fourth-order valence-electron chi connectivity index (χ4n) is 3.32. The first-order valence-corrected chi connectivity index (χ1v) is 7.15. The maximum atomic E-state index is 9.01. The molecule has 0 amide bonds. The van der Waals surface area contributed by atoms with Crippen LogP contribution in [0.25, 0.3) is 0 Å². The summed E-state index contributed by atoms with van der Waals surface area (Å²) in [6, 6.07) is 7.01. The van der Waals surface area contributed by atoms with Crippen LogP contribution in [-0.2, 0) is 0 Å². The lowest BCUT2D eigenvalue weighted by Crippen LogP contribution is -2.59. The van der Waals surface area contributed by atoms with Crippen molar-refractivity contribution in [1.29, 1.82) is 5.26 Å². The summed E-state index contributed by atoms with van der Waals surface area (Å²) in [4.78, 5) is 9.45. The Morgan fingerprint density at radius 2 is 2.26 bits per heavy atom. The molecule has 1 aromatic rings. The highest BCUT2D eigenvalue weighted by atomic mass is 15.3. The average Bonchev–Trinajstić information content (AvgIpc) is 2.46. The molecule has 0 spiro atoms. The van der Waals surface area contributed by atoms with Gasteiger partial charge in [0.1, 0.15) is 5.82 Å². The van der Waals surface area contributed by atoms with Gasteiger partial charge in [-0.2, -0.15) is 5.26 Å². The summed E-state index contributed by atoms with van der Waals surface area (Å²) in [7, 11) is 0. The standard InChI is InChI=1S/C15H20N4/c1-12-10-18-7-3-2-4-14(18)11-19(12)15-8-13(9-16)5-6-17-15/h5-6,8,12,14H,2-4,7,10-11H2,1H3. The number of rotatable bonds is 1. The minimum absolute atomic E-state index is 0.468. The number of aromatic nitrogens is 1. The molecule has 0 radical (unpaired) electrons. The van der Waals surface area contributed by atoms with Crippen LogP contribution in [0.4, 0.5) is 5.82 Å². The maximum absolute atomic E-state index is 9.01. The van der Waals surface area contributed by atoms with E-state index in [0.717, 1.165) is 18.9 Å². The smallest absolute Gasteiger partial charge is 0.130 e. The van der Waals surface area contributed by atoms with E-state index in [2.05, 4.69) is 27.8 Å². The van der Waals surface area contributed by atoms with Gasteiger partial charge in [-0.05, 0) is 38.4 Å². The summed E-state index contributed by atoms with van der Waals surface area (Å²) in [5.41, 5.74) is 0.697. The van der Waals surface area contributed by atoms with E-state index in [-0.39, 0.29) is 0 Å². The second-order valence-electron chi connectivity index (χ2n) is 5.66. The van der Waals surface area contributed by atoms with Gasteiger partial charge in [-0.1, -0.05) is 6.42 Å². The number of nitriles is 1. The van der Waals surface area contributed by atoms with Crippen LogP contribution in [0.3, 0.4) is 0 Å². The topological polar surface area (TPSA) is 43.2 Å². The van der Waals surface area contributed by atoms with Crippen molar-refractivity contribution in [3.63, 3.8) is 0 Å². The Labute approximate surface area is 114 Å². The Balaban J connectivity index is 1.82. The predicted molar refractivity (Wildman–Crippen MR) is 75.0 cm³/mol. The molecule has 100 valence electrons. The van der Waals surface area contributed by atoms with Crippen molar-refractivity contribution in [1.82, 2.24) is 9.88 Å². The van der Waals surface area contributed by atoms with E-state index < -0.39 is 0 Å². The number of nitrogens with zero attached hydrogens (tertiary/aromatic N) is 4. The number of piperidine rings is 1. The summed E-state index contributed by atoms with van der Waals surface area (Å²) in [6.07, 6.45) is 5.72. The van der Waals surface area contributed by atoms with Gasteiger partial charge < -0.3 is 4.90 Å². The van der Waals surface area contributed by atoms with Crippen LogP contribution >= 0.6 is 0 Å². The van der Waals surface area contributed by atoms with Gasteiger partial charge in [-0.3, -0.25) is 4.90 Å². The Morgan fingerprint density at radius 1 is 1.37 bits per heavy atom. The van der Waals surface area contributed by atoms with Crippen molar-refractivity contribution in [2.75, 3.05) is 24.5 Å². The van der Waals surface area contributed by atoms with E-state index in [0.29, 0.717) is 17.6 Å². The Hall–Kier alpha value is -1.60. The number of fused-ring (bicyclic) bond motifs is 1. The highest BCUT2D eigenvalue weighted by Crippen LogP contribution is 2.27. The fourth-order valence-corrected chi connectivity index (χ4v) is 3.32. The van der Waals surface area contributed by atoms with Gasteiger partial charge in [0.2, 0.25) is 0 Å². The van der Waals surface area contributed by atoms with Crippen LogP contribution in [0.15, 0.2) is 18.3 Å². The van der Waals surface area contributed by atoms with Crippen molar-refractivity contribution >= 4 is 5.82 Å². The van der Waals surface area contributed by atoms with E-state index in [9.17, 15) is 0 Å². The van der Waals surface area contributed by atoms with Crippen LogP contribution in [0.5, 0.6) is 0 Å². The molecular weight excluding hydrogens is 236 g/mol. The lowest BCUT2D eigenvalue weighted by Gasteiger charge is -2.48. The maximum Gasteiger partial charge on any atom is 0.130 e. The van der Waals surface area contributed by atoms with Crippen LogP contribution in [0.2, 0.25) is 0 Å². The fraction of sp³-hybridized carbons (Fsp3) is 0.600. The van der Waals surface area contributed by atoms with Crippen molar-refractivity contribution < 1.29 is 0 Å². The van der Waals surface area contributed by atoms with Gasteiger partial charge in [0.15, 0.2) is 0 Å². The molecule has 3 rings (SSSR count). The molecule has 0 bridgehead atoms. The van der Waals surface area contributed by atoms with E-state index >= 15 is 0 Å². The molecule has 19 heavy (non-hydrogen) atoms. The van der Waals surface area contributed by atoms with E-state index in [1.807, 2.05) is 6.07 Å². The quantitative estimate of drug-likeness (QED) is 0.771. The number of anilines is 1. The second-order valence-corrected chi connectivity index (χ2v) is 5.66. The largest absolute Gasteiger partial charge is 0.351 e. The molecule has 4 nitrogen and oxygen atoms in total. The monoisotopic (exact) mass is 256 g/mol. The highest BCUT2D eigenvalue weighted by Gasteiger charge is 2.33. The van der Waals surface area contributed by atoms with Crippen LogP contribution in [0.1, 0.15) is 31.7 Å². The molecule has 2 aliphatic heterocycles. The Kier molecular flexibility index (Phi) is 3.39. The summed E-state index contributed by atoms with van der Waals surface area (Å²) >= 11 is 0. The zero-order valence-electron chi connectivity index (χ0n) is 11.4. The first-order valence-electron chi connectivity index (χ1n) is 7.15.